The van der Waals surface area contributed by atoms with Crippen LogP contribution in [0, 0.1) is 11.6 Å². The lowest BCUT2D eigenvalue weighted by atomic mass is 9.56. The van der Waals surface area contributed by atoms with E-state index in [0.29, 0.717) is 6.61 Å². The van der Waals surface area contributed by atoms with Crippen molar-refractivity contribution in [3.05, 3.63) is 59.7 Å². The maximum absolute atomic E-state index is 13.1. The van der Waals surface area contributed by atoms with E-state index in [1.54, 1.807) is 12.1 Å². The summed E-state index contributed by atoms with van der Waals surface area (Å²) in [5.41, 5.74) is 2.51. The van der Waals surface area contributed by atoms with Crippen molar-refractivity contribution in [2.45, 2.75) is 6.61 Å². The highest BCUT2D eigenvalue weighted by atomic mass is 19.1. The lowest BCUT2D eigenvalue weighted by Crippen LogP contribution is -2.41. The Morgan fingerprint density at radius 1 is 1.00 bits per heavy atom. The number of halogens is 2. The molecular weight excluding hydrogens is 221 g/mol. The summed E-state index contributed by atoms with van der Waals surface area (Å²) in [6.45, 7) is 0.0789. The first kappa shape index (κ1) is 10.5. The number of benzene rings is 2. The predicted octanol–water partition coefficient (Wildman–Crippen LogP) is 1.60. The first-order valence-electron chi connectivity index (χ1n) is 5.39. The van der Waals surface area contributed by atoms with E-state index in [-0.39, 0.29) is 18.6 Å². The molecule has 0 atom stereocenters. The smallest absolute Gasteiger partial charge is 0.362 e. The van der Waals surface area contributed by atoms with Crippen LogP contribution < -0.4 is 10.9 Å². The van der Waals surface area contributed by atoms with Crippen LogP contribution in [0.5, 0.6) is 0 Å². The average molecular weight is 230 g/mol. The fraction of sp³-hybridized carbons (Fsp3) is 0.0769. The number of hydrogen-bond donors (Lipinski definition) is 0. The molecule has 0 unspecified atom stereocenters. The lowest BCUT2D eigenvalue weighted by Gasteiger charge is -2.07. The van der Waals surface area contributed by atoms with E-state index in [1.807, 2.05) is 6.07 Å². The van der Waals surface area contributed by atoms with Crippen molar-refractivity contribution in [3.8, 4) is 0 Å². The average Bonchev–Trinajstić information content (AvgIpc) is 2.71. The molecule has 0 aliphatic carbocycles. The van der Waals surface area contributed by atoms with Gasteiger partial charge in [0.2, 0.25) is 0 Å². The van der Waals surface area contributed by atoms with Crippen molar-refractivity contribution in [1.29, 1.82) is 0 Å². The summed E-state index contributed by atoms with van der Waals surface area (Å²) in [6, 6.07) is 10.9. The van der Waals surface area contributed by atoms with Crippen LogP contribution >= 0.6 is 0 Å². The quantitative estimate of drug-likeness (QED) is 0.676. The summed E-state index contributed by atoms with van der Waals surface area (Å²) < 4.78 is 31.8. The second-order valence-corrected chi connectivity index (χ2v) is 4.09. The minimum absolute atomic E-state index is 0.271. The third-order valence-electron chi connectivity index (χ3n) is 2.94. The highest BCUT2D eigenvalue weighted by molar-refractivity contribution is 6.81. The van der Waals surface area contributed by atoms with Gasteiger partial charge in [0.15, 0.2) is 0 Å². The molecule has 2 aromatic rings. The van der Waals surface area contributed by atoms with E-state index in [0.717, 1.165) is 16.5 Å². The summed E-state index contributed by atoms with van der Waals surface area (Å²) in [6.07, 6.45) is 0. The summed E-state index contributed by atoms with van der Waals surface area (Å²) in [5.74, 6) is -0.561. The molecule has 0 spiro atoms. The molecule has 1 aliphatic heterocycles. The molecule has 0 amide bonds. The van der Waals surface area contributed by atoms with Crippen LogP contribution in [0.2, 0.25) is 0 Å². The van der Waals surface area contributed by atoms with Gasteiger partial charge in [0.05, 0.1) is 6.61 Å². The summed E-state index contributed by atoms with van der Waals surface area (Å²) >= 11 is 0. The Balaban J connectivity index is 2.04. The van der Waals surface area contributed by atoms with E-state index in [1.165, 1.54) is 24.3 Å². The topological polar surface area (TPSA) is 9.23 Å². The monoisotopic (exact) mass is 230 g/mol. The predicted molar refractivity (Wildman–Crippen MR) is 62.6 cm³/mol. The van der Waals surface area contributed by atoms with Crippen molar-refractivity contribution in [2.75, 3.05) is 0 Å². The molecule has 0 saturated heterocycles. The maximum Gasteiger partial charge on any atom is 0.362 e. The fourth-order valence-electron chi connectivity index (χ4n) is 2.16. The third-order valence-corrected chi connectivity index (χ3v) is 2.94. The van der Waals surface area contributed by atoms with E-state index >= 15 is 0 Å². The number of rotatable bonds is 1. The van der Waals surface area contributed by atoms with Gasteiger partial charge in [-0.3, -0.25) is 0 Å². The normalized spacial score (nSPS) is 13.9. The Kier molecular flexibility index (Phi) is 2.44. The molecule has 0 N–H and O–H groups in total. The standard InChI is InChI=1S/C13H9BF2O/c15-11-3-1-2-10(7-11)14-13-5-4-12(16)6-9(13)8-17-14/h1-7H,8H2. The SMILES string of the molecule is Fc1cccc(B2OCc3cc(F)ccc32)c1. The largest absolute Gasteiger partial charge is 0.423 e. The highest BCUT2D eigenvalue weighted by Gasteiger charge is 2.30. The van der Waals surface area contributed by atoms with Crippen LogP contribution in [-0.2, 0) is 11.3 Å². The van der Waals surface area contributed by atoms with Crippen LogP contribution in [0.1, 0.15) is 5.56 Å². The van der Waals surface area contributed by atoms with Gasteiger partial charge in [-0.25, -0.2) is 8.78 Å². The Bertz CT molecular complexity index is 571. The molecule has 4 heteroatoms. The zero-order valence-corrected chi connectivity index (χ0v) is 8.99. The van der Waals surface area contributed by atoms with Gasteiger partial charge in [0, 0.05) is 0 Å². The van der Waals surface area contributed by atoms with Crippen LogP contribution in [0.3, 0.4) is 0 Å². The van der Waals surface area contributed by atoms with Crippen LogP contribution in [0.15, 0.2) is 42.5 Å². The van der Waals surface area contributed by atoms with Crippen molar-refractivity contribution in [3.63, 3.8) is 0 Å². The third kappa shape index (κ3) is 1.85. The van der Waals surface area contributed by atoms with Gasteiger partial charge in [-0.15, -0.1) is 0 Å². The van der Waals surface area contributed by atoms with Gasteiger partial charge in [-0.1, -0.05) is 18.2 Å². The van der Waals surface area contributed by atoms with Gasteiger partial charge < -0.3 is 4.65 Å². The Morgan fingerprint density at radius 2 is 1.82 bits per heavy atom. The van der Waals surface area contributed by atoms with Crippen LogP contribution in [-0.4, -0.2) is 6.92 Å². The molecule has 1 nitrogen and oxygen atoms in total. The number of fused-ring (bicyclic) bond motifs is 1. The lowest BCUT2D eigenvalue weighted by molar-refractivity contribution is 0.336. The first-order chi connectivity index (χ1) is 8.24. The van der Waals surface area contributed by atoms with Gasteiger partial charge in [-0.05, 0) is 40.8 Å². The molecule has 2 aromatic carbocycles. The van der Waals surface area contributed by atoms with Gasteiger partial charge in [0.25, 0.3) is 0 Å². The summed E-state index contributed by atoms with van der Waals surface area (Å²) in [4.78, 5) is 0. The van der Waals surface area contributed by atoms with E-state index < -0.39 is 0 Å². The van der Waals surface area contributed by atoms with Crippen molar-refractivity contribution >= 4 is 17.8 Å². The molecule has 0 radical (unpaired) electrons. The number of hydrogen-bond acceptors (Lipinski definition) is 1. The second-order valence-electron chi connectivity index (χ2n) is 4.09. The minimum atomic E-state index is -0.290. The Morgan fingerprint density at radius 3 is 2.65 bits per heavy atom. The molecule has 0 fully saturated rings. The van der Waals surface area contributed by atoms with Crippen LogP contribution in [0.25, 0.3) is 0 Å². The molecule has 84 valence electrons. The minimum Gasteiger partial charge on any atom is -0.423 e. The van der Waals surface area contributed by atoms with Crippen LogP contribution in [0.4, 0.5) is 8.78 Å². The van der Waals surface area contributed by atoms with Crippen molar-refractivity contribution < 1.29 is 13.4 Å². The zero-order valence-electron chi connectivity index (χ0n) is 8.99. The first-order valence-corrected chi connectivity index (χ1v) is 5.39. The molecule has 3 rings (SSSR count). The molecule has 0 aromatic heterocycles. The van der Waals surface area contributed by atoms with Crippen molar-refractivity contribution in [1.82, 2.24) is 0 Å². The van der Waals surface area contributed by atoms with Gasteiger partial charge in [-0.2, -0.15) is 0 Å². The molecule has 1 aliphatic rings. The van der Waals surface area contributed by atoms with Gasteiger partial charge >= 0.3 is 6.92 Å². The highest BCUT2D eigenvalue weighted by Crippen LogP contribution is 2.12. The van der Waals surface area contributed by atoms with E-state index in [2.05, 4.69) is 0 Å². The Hall–Kier alpha value is -1.68. The van der Waals surface area contributed by atoms with E-state index in [4.69, 9.17) is 4.65 Å². The summed E-state index contributed by atoms with van der Waals surface area (Å²) in [5, 5.41) is 0. The van der Waals surface area contributed by atoms with Crippen molar-refractivity contribution in [2.24, 2.45) is 0 Å². The van der Waals surface area contributed by atoms with Gasteiger partial charge in [0.1, 0.15) is 11.6 Å². The fourth-order valence-corrected chi connectivity index (χ4v) is 2.16. The molecular formula is C13H9BF2O. The molecule has 0 bridgehead atoms. The Labute approximate surface area is 98.1 Å². The second kappa shape index (κ2) is 3.97. The summed E-state index contributed by atoms with van der Waals surface area (Å²) in [7, 11) is 0. The van der Waals surface area contributed by atoms with E-state index in [9.17, 15) is 8.78 Å². The zero-order chi connectivity index (χ0) is 11.8. The molecule has 17 heavy (non-hydrogen) atoms. The maximum atomic E-state index is 13.1. The molecule has 0 saturated carbocycles. The molecule has 1 heterocycles.